The molecule has 0 amide bonds. The molecule has 0 aromatic heterocycles. The topological polar surface area (TPSA) is 35.2 Å². The molecule has 2 nitrogen and oxygen atoms in total. The average Bonchev–Trinajstić information content (AvgIpc) is 2.39. The molecule has 2 fully saturated rings. The Morgan fingerprint density at radius 3 is 2.56 bits per heavy atom. The summed E-state index contributed by atoms with van der Waals surface area (Å²) in [6.45, 7) is 0. The van der Waals surface area contributed by atoms with Gasteiger partial charge in [0.25, 0.3) is 0 Å². The van der Waals surface area contributed by atoms with Gasteiger partial charge in [0.05, 0.1) is 7.11 Å². The van der Waals surface area contributed by atoms with Crippen LogP contribution >= 0.6 is 0 Å². The van der Waals surface area contributed by atoms with Crippen molar-refractivity contribution in [3.8, 4) is 5.75 Å². The van der Waals surface area contributed by atoms with Crippen molar-refractivity contribution in [3.63, 3.8) is 0 Å². The van der Waals surface area contributed by atoms with Gasteiger partial charge in [0.1, 0.15) is 5.75 Å². The van der Waals surface area contributed by atoms with Crippen molar-refractivity contribution in [1.82, 2.24) is 0 Å². The van der Waals surface area contributed by atoms with Crippen LogP contribution in [0, 0.1) is 11.8 Å². The summed E-state index contributed by atoms with van der Waals surface area (Å²) >= 11 is 0. The minimum Gasteiger partial charge on any atom is -0.497 e. The fraction of sp³-hybridized carbons (Fsp3) is 0.625. The second-order valence-corrected chi connectivity index (χ2v) is 5.89. The molecule has 0 aliphatic heterocycles. The second kappa shape index (κ2) is 4.93. The van der Waals surface area contributed by atoms with Crippen LogP contribution in [-0.2, 0) is 0 Å². The summed E-state index contributed by atoms with van der Waals surface area (Å²) in [6.07, 6.45) is 6.67. The van der Waals surface area contributed by atoms with Gasteiger partial charge in [-0.3, -0.25) is 0 Å². The van der Waals surface area contributed by atoms with Crippen LogP contribution in [0.25, 0.3) is 0 Å². The zero-order chi connectivity index (χ0) is 12.5. The molecule has 2 aliphatic carbocycles. The summed E-state index contributed by atoms with van der Waals surface area (Å²) in [7, 11) is 1.72. The lowest BCUT2D eigenvalue weighted by Crippen LogP contribution is -2.46. The minimum absolute atomic E-state index is 0.430. The summed E-state index contributed by atoms with van der Waals surface area (Å²) < 4.78 is 5.23. The summed E-state index contributed by atoms with van der Waals surface area (Å²) in [5.74, 6) is 3.10. The van der Waals surface area contributed by atoms with Crippen molar-refractivity contribution < 1.29 is 4.74 Å². The van der Waals surface area contributed by atoms with E-state index in [1.54, 1.807) is 7.11 Å². The van der Waals surface area contributed by atoms with E-state index in [0.717, 1.165) is 11.7 Å². The van der Waals surface area contributed by atoms with Crippen LogP contribution < -0.4 is 10.5 Å². The Hall–Kier alpha value is -1.02. The summed E-state index contributed by atoms with van der Waals surface area (Å²) in [5.41, 5.74) is 7.90. The van der Waals surface area contributed by atoms with Gasteiger partial charge in [-0.1, -0.05) is 18.6 Å². The van der Waals surface area contributed by atoms with Crippen LogP contribution in [0.1, 0.15) is 43.6 Å². The maximum Gasteiger partial charge on any atom is 0.118 e. The maximum absolute atomic E-state index is 6.44. The number of ether oxygens (including phenoxy) is 1. The van der Waals surface area contributed by atoms with Gasteiger partial charge in [-0.15, -0.1) is 0 Å². The van der Waals surface area contributed by atoms with Gasteiger partial charge in [0.2, 0.25) is 0 Å². The van der Waals surface area contributed by atoms with Crippen LogP contribution in [0.2, 0.25) is 0 Å². The Morgan fingerprint density at radius 2 is 1.83 bits per heavy atom. The zero-order valence-electron chi connectivity index (χ0n) is 11.1. The molecule has 2 N–H and O–H groups in total. The molecular formula is C16H23NO. The molecule has 0 spiro atoms. The predicted molar refractivity (Wildman–Crippen MR) is 73.8 cm³/mol. The highest BCUT2D eigenvalue weighted by Crippen LogP contribution is 2.47. The third-order valence-electron chi connectivity index (χ3n) is 5.06. The fourth-order valence-corrected chi connectivity index (χ4v) is 4.03. The lowest BCUT2D eigenvalue weighted by atomic mass is 9.62. The molecule has 4 atom stereocenters. The summed E-state index contributed by atoms with van der Waals surface area (Å²) in [6, 6.07) is 9.04. The van der Waals surface area contributed by atoms with E-state index < -0.39 is 0 Å². The summed E-state index contributed by atoms with van der Waals surface area (Å²) in [5, 5.41) is 0. The molecule has 2 saturated carbocycles. The molecule has 0 saturated heterocycles. The van der Waals surface area contributed by atoms with Crippen LogP contribution in [0.3, 0.4) is 0 Å². The molecule has 1 unspecified atom stereocenters. The molecule has 2 aliphatic rings. The minimum atomic E-state index is 0.430. The first kappa shape index (κ1) is 12.0. The Kier molecular flexibility index (Phi) is 3.29. The van der Waals surface area contributed by atoms with Crippen molar-refractivity contribution in [2.75, 3.05) is 7.11 Å². The first-order valence-electron chi connectivity index (χ1n) is 7.19. The maximum atomic E-state index is 6.44. The van der Waals surface area contributed by atoms with Gasteiger partial charge in [-0.2, -0.15) is 0 Å². The number of fused-ring (bicyclic) bond motifs is 2. The van der Waals surface area contributed by atoms with Crippen LogP contribution in [0.5, 0.6) is 5.75 Å². The van der Waals surface area contributed by atoms with Crippen LogP contribution in [0.15, 0.2) is 24.3 Å². The molecule has 3 rings (SSSR count). The molecule has 1 aromatic carbocycles. The van der Waals surface area contributed by atoms with E-state index in [9.17, 15) is 0 Å². The lowest BCUT2D eigenvalue weighted by Gasteiger charge is -2.45. The van der Waals surface area contributed by atoms with E-state index in [-0.39, 0.29) is 0 Å². The van der Waals surface area contributed by atoms with E-state index in [4.69, 9.17) is 10.5 Å². The van der Waals surface area contributed by atoms with E-state index >= 15 is 0 Å². The third-order valence-corrected chi connectivity index (χ3v) is 5.06. The van der Waals surface area contributed by atoms with Crippen molar-refractivity contribution in [2.24, 2.45) is 17.6 Å². The molecule has 18 heavy (non-hydrogen) atoms. The third kappa shape index (κ3) is 2.03. The number of methoxy groups -OCH3 is 1. The Balaban J connectivity index is 1.82. The van der Waals surface area contributed by atoms with Crippen molar-refractivity contribution in [2.45, 2.75) is 44.1 Å². The van der Waals surface area contributed by atoms with Crippen LogP contribution in [-0.4, -0.2) is 13.2 Å². The number of benzene rings is 1. The standard InChI is InChI=1S/C16H23NO/c1-18-13-8-5-11(6-9-13)14-10-7-12-3-2-4-15(14)16(12)17/h5-6,8-9,12,14-16H,2-4,7,10,17H2,1H3/t12-,14-,15+,16?/m1/s1. The first-order chi connectivity index (χ1) is 8.79. The highest BCUT2D eigenvalue weighted by molar-refractivity contribution is 5.30. The largest absolute Gasteiger partial charge is 0.497 e. The highest BCUT2D eigenvalue weighted by atomic mass is 16.5. The van der Waals surface area contributed by atoms with Crippen molar-refractivity contribution >= 4 is 0 Å². The van der Waals surface area contributed by atoms with Gasteiger partial charge in [-0.05, 0) is 61.1 Å². The van der Waals surface area contributed by atoms with Crippen molar-refractivity contribution in [1.29, 1.82) is 0 Å². The lowest BCUT2D eigenvalue weighted by molar-refractivity contribution is 0.128. The van der Waals surface area contributed by atoms with Gasteiger partial charge in [0, 0.05) is 6.04 Å². The molecule has 2 heteroatoms. The van der Waals surface area contributed by atoms with Gasteiger partial charge in [0.15, 0.2) is 0 Å². The number of nitrogens with two attached hydrogens (primary N) is 1. The Labute approximate surface area is 110 Å². The SMILES string of the molecule is COc1ccc([C@H]2CC[C@H]3CCC[C@@H]2C3N)cc1. The molecular weight excluding hydrogens is 222 g/mol. The highest BCUT2D eigenvalue weighted by Gasteiger charge is 2.40. The van der Waals surface area contributed by atoms with Gasteiger partial charge < -0.3 is 10.5 Å². The van der Waals surface area contributed by atoms with E-state index in [2.05, 4.69) is 24.3 Å². The number of rotatable bonds is 2. The van der Waals surface area contributed by atoms with E-state index in [0.29, 0.717) is 17.9 Å². The average molecular weight is 245 g/mol. The normalized spacial score (nSPS) is 35.2. The molecule has 1 aromatic rings. The smallest absolute Gasteiger partial charge is 0.118 e. The van der Waals surface area contributed by atoms with Crippen molar-refractivity contribution in [3.05, 3.63) is 29.8 Å². The van der Waals surface area contributed by atoms with E-state index in [1.165, 1.54) is 37.7 Å². The fourth-order valence-electron chi connectivity index (χ4n) is 4.03. The van der Waals surface area contributed by atoms with Crippen LogP contribution in [0.4, 0.5) is 0 Å². The number of hydrogen-bond acceptors (Lipinski definition) is 2. The van der Waals surface area contributed by atoms with Gasteiger partial charge >= 0.3 is 0 Å². The monoisotopic (exact) mass is 245 g/mol. The molecule has 2 bridgehead atoms. The molecule has 0 radical (unpaired) electrons. The van der Waals surface area contributed by atoms with E-state index in [1.807, 2.05) is 0 Å². The predicted octanol–water partition coefficient (Wildman–Crippen LogP) is 3.32. The Bertz CT molecular complexity index is 400. The molecule has 98 valence electrons. The quantitative estimate of drug-likeness (QED) is 0.867. The van der Waals surface area contributed by atoms with Gasteiger partial charge in [-0.25, -0.2) is 0 Å². The number of hydrogen-bond donors (Lipinski definition) is 1. The second-order valence-electron chi connectivity index (χ2n) is 5.89. The molecule has 0 heterocycles. The summed E-state index contributed by atoms with van der Waals surface area (Å²) in [4.78, 5) is 0. The first-order valence-corrected chi connectivity index (χ1v) is 7.19. The Morgan fingerprint density at radius 1 is 1.06 bits per heavy atom. The zero-order valence-corrected chi connectivity index (χ0v) is 11.1.